The van der Waals surface area contributed by atoms with Gasteiger partial charge in [0.05, 0.1) is 25.1 Å². The number of nitrogens with zero attached hydrogens (tertiary/aromatic N) is 1. The highest BCUT2D eigenvalue weighted by molar-refractivity contribution is 5.77. The van der Waals surface area contributed by atoms with Gasteiger partial charge in [-0.15, -0.1) is 0 Å². The van der Waals surface area contributed by atoms with E-state index >= 15 is 0 Å². The predicted molar refractivity (Wildman–Crippen MR) is 72.6 cm³/mol. The molecule has 0 aliphatic carbocycles. The van der Waals surface area contributed by atoms with Crippen molar-refractivity contribution in [2.24, 2.45) is 0 Å². The summed E-state index contributed by atoms with van der Waals surface area (Å²) < 4.78 is 4.83. The van der Waals surface area contributed by atoms with Gasteiger partial charge in [-0.2, -0.15) is 5.26 Å². The SMILES string of the molecule is COCCNC(=O)CNCC(C#N)c1ccccc1. The number of benzene rings is 1. The van der Waals surface area contributed by atoms with E-state index in [4.69, 9.17) is 10.00 Å². The number of ether oxygens (including phenoxy) is 1. The molecule has 5 nitrogen and oxygen atoms in total. The van der Waals surface area contributed by atoms with Gasteiger partial charge >= 0.3 is 0 Å². The van der Waals surface area contributed by atoms with E-state index in [1.54, 1.807) is 7.11 Å². The molecule has 0 fully saturated rings. The average molecular weight is 261 g/mol. The van der Waals surface area contributed by atoms with Crippen molar-refractivity contribution in [3.63, 3.8) is 0 Å². The van der Waals surface area contributed by atoms with Crippen LogP contribution in [0.5, 0.6) is 0 Å². The second-order valence-corrected chi connectivity index (χ2v) is 4.07. The van der Waals surface area contributed by atoms with E-state index in [0.29, 0.717) is 19.7 Å². The summed E-state index contributed by atoms with van der Waals surface area (Å²) >= 11 is 0. The molecular weight excluding hydrogens is 242 g/mol. The molecule has 1 rings (SSSR count). The molecule has 0 aliphatic heterocycles. The van der Waals surface area contributed by atoms with Gasteiger partial charge in [-0.1, -0.05) is 30.3 Å². The summed E-state index contributed by atoms with van der Waals surface area (Å²) in [6, 6.07) is 11.8. The summed E-state index contributed by atoms with van der Waals surface area (Å²) in [4.78, 5) is 11.4. The summed E-state index contributed by atoms with van der Waals surface area (Å²) in [7, 11) is 1.59. The number of nitriles is 1. The van der Waals surface area contributed by atoms with Crippen LogP contribution in [0.25, 0.3) is 0 Å². The third kappa shape index (κ3) is 6.00. The minimum absolute atomic E-state index is 0.0956. The standard InChI is InChI=1S/C14H19N3O2/c1-19-8-7-17-14(18)11-16-10-13(9-15)12-5-3-2-4-6-12/h2-6,13,16H,7-8,10-11H2,1H3,(H,17,18). The number of rotatable bonds is 8. The summed E-state index contributed by atoms with van der Waals surface area (Å²) in [5, 5.41) is 14.8. The van der Waals surface area contributed by atoms with Crippen molar-refractivity contribution < 1.29 is 9.53 Å². The molecule has 0 spiro atoms. The monoisotopic (exact) mass is 261 g/mol. The smallest absolute Gasteiger partial charge is 0.234 e. The first-order chi connectivity index (χ1) is 9.27. The molecule has 1 unspecified atom stereocenters. The number of methoxy groups -OCH3 is 1. The van der Waals surface area contributed by atoms with Gasteiger partial charge in [0.2, 0.25) is 5.91 Å². The Balaban J connectivity index is 2.28. The lowest BCUT2D eigenvalue weighted by Gasteiger charge is -2.11. The number of hydrogen-bond donors (Lipinski definition) is 2. The van der Waals surface area contributed by atoms with Crippen molar-refractivity contribution >= 4 is 5.91 Å². The van der Waals surface area contributed by atoms with Gasteiger partial charge in [-0.05, 0) is 5.56 Å². The van der Waals surface area contributed by atoms with Gasteiger partial charge in [0, 0.05) is 20.2 Å². The van der Waals surface area contributed by atoms with Crippen LogP contribution in [-0.2, 0) is 9.53 Å². The van der Waals surface area contributed by atoms with E-state index in [2.05, 4.69) is 16.7 Å². The largest absolute Gasteiger partial charge is 0.383 e. The maximum absolute atomic E-state index is 11.4. The lowest BCUT2D eigenvalue weighted by atomic mass is 10.0. The Morgan fingerprint density at radius 3 is 2.79 bits per heavy atom. The minimum Gasteiger partial charge on any atom is -0.383 e. The Labute approximate surface area is 113 Å². The Bertz CT molecular complexity index is 414. The summed E-state index contributed by atoms with van der Waals surface area (Å²) in [6.07, 6.45) is 0. The summed E-state index contributed by atoms with van der Waals surface area (Å²) in [5.41, 5.74) is 0.956. The number of amides is 1. The molecule has 0 saturated carbocycles. The number of carbonyl (C=O) groups is 1. The normalized spacial score (nSPS) is 11.6. The lowest BCUT2D eigenvalue weighted by molar-refractivity contribution is -0.120. The quantitative estimate of drug-likeness (QED) is 0.674. The Hall–Kier alpha value is -1.90. The molecule has 102 valence electrons. The van der Waals surface area contributed by atoms with Crippen molar-refractivity contribution in [2.75, 3.05) is 33.4 Å². The molecular formula is C14H19N3O2. The van der Waals surface area contributed by atoms with E-state index in [1.807, 2.05) is 30.3 Å². The molecule has 1 aromatic carbocycles. The van der Waals surface area contributed by atoms with Crippen molar-refractivity contribution in [1.82, 2.24) is 10.6 Å². The molecule has 0 aromatic heterocycles. The predicted octanol–water partition coefficient (Wildman–Crippen LogP) is 0.646. The second kappa shape index (κ2) is 9.09. The highest BCUT2D eigenvalue weighted by atomic mass is 16.5. The van der Waals surface area contributed by atoms with Crippen molar-refractivity contribution in [2.45, 2.75) is 5.92 Å². The zero-order chi connectivity index (χ0) is 13.9. The zero-order valence-electron chi connectivity index (χ0n) is 11.1. The Morgan fingerprint density at radius 2 is 2.16 bits per heavy atom. The van der Waals surface area contributed by atoms with Gasteiger partial charge in [0.1, 0.15) is 0 Å². The molecule has 1 atom stereocenters. The number of nitrogens with one attached hydrogen (secondary N) is 2. The summed E-state index contributed by atoms with van der Waals surface area (Å²) in [5.74, 6) is -0.338. The second-order valence-electron chi connectivity index (χ2n) is 4.07. The maximum atomic E-state index is 11.4. The van der Waals surface area contributed by atoms with Gasteiger partial charge < -0.3 is 15.4 Å². The zero-order valence-corrected chi connectivity index (χ0v) is 11.1. The van der Waals surface area contributed by atoms with Crippen LogP contribution in [0.4, 0.5) is 0 Å². The molecule has 5 heteroatoms. The third-order valence-electron chi connectivity index (χ3n) is 2.62. The van der Waals surface area contributed by atoms with Gasteiger partial charge in [-0.3, -0.25) is 4.79 Å². The van der Waals surface area contributed by atoms with Crippen LogP contribution >= 0.6 is 0 Å². The first kappa shape index (κ1) is 15.2. The van der Waals surface area contributed by atoms with Crippen molar-refractivity contribution in [1.29, 1.82) is 5.26 Å². The van der Waals surface area contributed by atoms with Gasteiger partial charge in [0.25, 0.3) is 0 Å². The summed E-state index contributed by atoms with van der Waals surface area (Å²) in [6.45, 7) is 1.65. The molecule has 0 aliphatic rings. The first-order valence-corrected chi connectivity index (χ1v) is 6.19. The molecule has 0 heterocycles. The molecule has 19 heavy (non-hydrogen) atoms. The van der Waals surface area contributed by atoms with Crippen LogP contribution in [0.2, 0.25) is 0 Å². The number of hydrogen-bond acceptors (Lipinski definition) is 4. The molecule has 1 aromatic rings. The number of carbonyl (C=O) groups excluding carboxylic acids is 1. The van der Waals surface area contributed by atoms with E-state index in [0.717, 1.165) is 5.56 Å². The topological polar surface area (TPSA) is 74.2 Å². The van der Waals surface area contributed by atoms with Crippen molar-refractivity contribution in [3.05, 3.63) is 35.9 Å². The molecule has 0 saturated heterocycles. The van der Waals surface area contributed by atoms with Crippen LogP contribution in [0.15, 0.2) is 30.3 Å². The van der Waals surface area contributed by atoms with Crippen LogP contribution in [0.1, 0.15) is 11.5 Å². The molecule has 2 N–H and O–H groups in total. The fraction of sp³-hybridized carbons (Fsp3) is 0.429. The van der Waals surface area contributed by atoms with Crippen molar-refractivity contribution in [3.8, 4) is 6.07 Å². The fourth-order valence-corrected chi connectivity index (χ4v) is 1.61. The van der Waals surface area contributed by atoms with Gasteiger partial charge in [0.15, 0.2) is 0 Å². The Kier molecular flexibility index (Phi) is 7.25. The maximum Gasteiger partial charge on any atom is 0.234 e. The van der Waals surface area contributed by atoms with E-state index in [-0.39, 0.29) is 18.4 Å². The fourth-order valence-electron chi connectivity index (χ4n) is 1.61. The third-order valence-corrected chi connectivity index (χ3v) is 2.62. The Morgan fingerprint density at radius 1 is 1.42 bits per heavy atom. The van der Waals surface area contributed by atoms with Crippen LogP contribution in [0, 0.1) is 11.3 Å². The highest BCUT2D eigenvalue weighted by Gasteiger charge is 2.10. The van der Waals surface area contributed by atoms with E-state index in [1.165, 1.54) is 0 Å². The average Bonchev–Trinajstić information content (AvgIpc) is 2.45. The first-order valence-electron chi connectivity index (χ1n) is 6.19. The molecule has 0 bridgehead atoms. The van der Waals surface area contributed by atoms with E-state index in [9.17, 15) is 4.79 Å². The van der Waals surface area contributed by atoms with Crippen LogP contribution < -0.4 is 10.6 Å². The molecule has 0 radical (unpaired) electrons. The molecule has 1 amide bonds. The lowest BCUT2D eigenvalue weighted by Crippen LogP contribution is -2.36. The van der Waals surface area contributed by atoms with E-state index < -0.39 is 0 Å². The highest BCUT2D eigenvalue weighted by Crippen LogP contribution is 2.12. The van der Waals surface area contributed by atoms with Crippen LogP contribution in [-0.4, -0.2) is 39.3 Å². The van der Waals surface area contributed by atoms with Crippen LogP contribution in [0.3, 0.4) is 0 Å². The minimum atomic E-state index is -0.243. The van der Waals surface area contributed by atoms with Gasteiger partial charge in [-0.25, -0.2) is 0 Å².